The van der Waals surface area contributed by atoms with Gasteiger partial charge in [-0.25, -0.2) is 4.79 Å². The average molecular weight is 271 g/mol. The minimum absolute atomic E-state index is 0.180. The molecular formula is C14H29N3O2. The van der Waals surface area contributed by atoms with Crippen LogP contribution in [0.15, 0.2) is 0 Å². The molecule has 5 heteroatoms. The zero-order valence-electron chi connectivity index (χ0n) is 12.3. The third kappa shape index (κ3) is 7.38. The van der Waals surface area contributed by atoms with Crippen molar-refractivity contribution in [3.8, 4) is 0 Å². The maximum atomic E-state index is 11.5. The summed E-state index contributed by atoms with van der Waals surface area (Å²) in [5.74, 6) is 0.770. The van der Waals surface area contributed by atoms with Gasteiger partial charge < -0.3 is 20.6 Å². The Morgan fingerprint density at radius 3 is 2.95 bits per heavy atom. The third-order valence-electron chi connectivity index (χ3n) is 3.57. The summed E-state index contributed by atoms with van der Waals surface area (Å²) in [4.78, 5) is 13.9. The van der Waals surface area contributed by atoms with E-state index >= 15 is 0 Å². The molecule has 0 aliphatic carbocycles. The predicted octanol–water partition coefficient (Wildman–Crippen LogP) is 1.18. The lowest BCUT2D eigenvalue weighted by Crippen LogP contribution is -2.44. The van der Waals surface area contributed by atoms with E-state index in [-0.39, 0.29) is 6.03 Å². The highest BCUT2D eigenvalue weighted by atomic mass is 16.3. The van der Waals surface area contributed by atoms with Crippen molar-refractivity contribution in [3.63, 3.8) is 0 Å². The maximum absolute atomic E-state index is 11.5. The molecule has 1 aliphatic rings. The molecule has 0 radical (unpaired) electrons. The van der Waals surface area contributed by atoms with Crippen molar-refractivity contribution >= 4 is 6.03 Å². The Balaban J connectivity index is 2.03. The predicted molar refractivity (Wildman–Crippen MR) is 77.2 cm³/mol. The number of nitrogens with one attached hydrogen (secondary N) is 2. The summed E-state index contributed by atoms with van der Waals surface area (Å²) >= 11 is 0. The van der Waals surface area contributed by atoms with E-state index in [9.17, 15) is 9.90 Å². The molecule has 1 saturated heterocycles. The Hall–Kier alpha value is -0.810. The molecule has 19 heavy (non-hydrogen) atoms. The highest BCUT2D eigenvalue weighted by molar-refractivity contribution is 5.73. The van der Waals surface area contributed by atoms with Crippen molar-refractivity contribution < 1.29 is 9.90 Å². The van der Waals surface area contributed by atoms with Crippen LogP contribution in [0.5, 0.6) is 0 Å². The second-order valence-corrected chi connectivity index (χ2v) is 5.63. The standard InChI is InChI=1S/C14H29N3O2/c1-3-5-13(18)10-16-14(19)15-7-9-17-8-4-6-12(2)11-17/h12-13,18H,3-11H2,1-2H3,(H2,15,16,19). The maximum Gasteiger partial charge on any atom is 0.314 e. The van der Waals surface area contributed by atoms with Gasteiger partial charge in [-0.3, -0.25) is 0 Å². The van der Waals surface area contributed by atoms with Crippen LogP contribution in [0.3, 0.4) is 0 Å². The van der Waals surface area contributed by atoms with Crippen molar-refractivity contribution in [1.29, 1.82) is 0 Å². The number of carbonyl (C=O) groups is 1. The quantitative estimate of drug-likeness (QED) is 0.651. The fourth-order valence-corrected chi connectivity index (χ4v) is 2.53. The summed E-state index contributed by atoms with van der Waals surface area (Å²) in [6.45, 7) is 8.49. The second kappa shape index (κ2) is 9.15. The van der Waals surface area contributed by atoms with E-state index < -0.39 is 6.10 Å². The van der Waals surface area contributed by atoms with E-state index in [1.807, 2.05) is 6.92 Å². The minimum Gasteiger partial charge on any atom is -0.391 e. The van der Waals surface area contributed by atoms with Crippen molar-refractivity contribution in [2.24, 2.45) is 5.92 Å². The molecule has 1 aliphatic heterocycles. The van der Waals surface area contributed by atoms with Crippen LogP contribution >= 0.6 is 0 Å². The van der Waals surface area contributed by atoms with Gasteiger partial charge in [0, 0.05) is 26.2 Å². The molecule has 1 fully saturated rings. The Morgan fingerprint density at radius 1 is 1.47 bits per heavy atom. The molecule has 112 valence electrons. The van der Waals surface area contributed by atoms with Gasteiger partial charge in [-0.05, 0) is 31.7 Å². The summed E-state index contributed by atoms with van der Waals surface area (Å²) in [5.41, 5.74) is 0. The van der Waals surface area contributed by atoms with E-state index in [0.29, 0.717) is 13.1 Å². The highest BCUT2D eigenvalue weighted by Gasteiger charge is 2.15. The van der Waals surface area contributed by atoms with Gasteiger partial charge in [0.1, 0.15) is 0 Å². The first kappa shape index (κ1) is 16.2. The number of hydrogen-bond donors (Lipinski definition) is 3. The van der Waals surface area contributed by atoms with E-state index in [2.05, 4.69) is 22.5 Å². The molecule has 1 rings (SSSR count). The zero-order chi connectivity index (χ0) is 14.1. The lowest BCUT2D eigenvalue weighted by atomic mass is 10.0. The number of likely N-dealkylation sites (tertiary alicyclic amines) is 1. The fourth-order valence-electron chi connectivity index (χ4n) is 2.53. The van der Waals surface area contributed by atoms with Crippen molar-refractivity contribution in [2.75, 3.05) is 32.7 Å². The SMILES string of the molecule is CCCC(O)CNC(=O)NCCN1CCCC(C)C1. The van der Waals surface area contributed by atoms with Crippen molar-refractivity contribution in [2.45, 2.75) is 45.6 Å². The van der Waals surface area contributed by atoms with Gasteiger partial charge in [0.15, 0.2) is 0 Å². The first-order chi connectivity index (χ1) is 9.11. The molecule has 2 unspecified atom stereocenters. The smallest absolute Gasteiger partial charge is 0.314 e. The molecule has 0 spiro atoms. The van der Waals surface area contributed by atoms with E-state index in [1.54, 1.807) is 0 Å². The number of rotatable bonds is 7. The second-order valence-electron chi connectivity index (χ2n) is 5.63. The monoisotopic (exact) mass is 271 g/mol. The molecule has 5 nitrogen and oxygen atoms in total. The Labute approximate surface area is 116 Å². The number of urea groups is 1. The number of hydrogen-bond acceptors (Lipinski definition) is 3. The molecule has 0 saturated carbocycles. The molecule has 1 heterocycles. The number of amides is 2. The molecule has 0 bridgehead atoms. The van der Waals surface area contributed by atoms with Crippen molar-refractivity contribution in [3.05, 3.63) is 0 Å². The average Bonchev–Trinajstić information content (AvgIpc) is 2.37. The topological polar surface area (TPSA) is 64.6 Å². The Morgan fingerprint density at radius 2 is 2.26 bits per heavy atom. The van der Waals surface area contributed by atoms with Gasteiger partial charge in [0.05, 0.1) is 6.10 Å². The first-order valence-corrected chi connectivity index (χ1v) is 7.54. The van der Waals surface area contributed by atoms with Crippen LogP contribution in [0.4, 0.5) is 4.79 Å². The lowest BCUT2D eigenvalue weighted by molar-refractivity contribution is 0.159. The Kier molecular flexibility index (Phi) is 7.82. The number of aliphatic hydroxyl groups excluding tert-OH is 1. The van der Waals surface area contributed by atoms with Crippen LogP contribution in [0.2, 0.25) is 0 Å². The summed E-state index contributed by atoms with van der Waals surface area (Å²) < 4.78 is 0. The highest BCUT2D eigenvalue weighted by Crippen LogP contribution is 2.14. The summed E-state index contributed by atoms with van der Waals surface area (Å²) in [5, 5.41) is 15.0. The third-order valence-corrected chi connectivity index (χ3v) is 3.57. The van der Waals surface area contributed by atoms with Gasteiger partial charge in [-0.15, -0.1) is 0 Å². The summed E-state index contributed by atoms with van der Waals surface area (Å²) in [7, 11) is 0. The van der Waals surface area contributed by atoms with E-state index in [0.717, 1.165) is 38.4 Å². The Bertz CT molecular complexity index is 261. The van der Waals surface area contributed by atoms with Crippen molar-refractivity contribution in [1.82, 2.24) is 15.5 Å². The molecule has 3 N–H and O–H groups in total. The molecular weight excluding hydrogens is 242 g/mol. The van der Waals surface area contributed by atoms with Gasteiger partial charge in [-0.1, -0.05) is 20.3 Å². The summed E-state index contributed by atoms with van der Waals surface area (Å²) in [6.07, 6.45) is 3.80. The van der Waals surface area contributed by atoms with E-state index in [1.165, 1.54) is 12.8 Å². The fraction of sp³-hybridized carbons (Fsp3) is 0.929. The molecule has 0 aromatic carbocycles. The van der Waals surface area contributed by atoms with Crippen LogP contribution in [0.1, 0.15) is 39.5 Å². The minimum atomic E-state index is -0.432. The molecule has 0 aromatic heterocycles. The number of nitrogens with zero attached hydrogens (tertiary/aromatic N) is 1. The first-order valence-electron chi connectivity index (χ1n) is 7.54. The van der Waals surface area contributed by atoms with Crippen LogP contribution in [-0.2, 0) is 0 Å². The number of aliphatic hydroxyl groups is 1. The van der Waals surface area contributed by atoms with E-state index in [4.69, 9.17) is 0 Å². The molecule has 0 aromatic rings. The van der Waals surface area contributed by atoms with Crippen LogP contribution in [0.25, 0.3) is 0 Å². The van der Waals surface area contributed by atoms with Crippen LogP contribution in [-0.4, -0.2) is 54.9 Å². The van der Waals surface area contributed by atoms with Gasteiger partial charge in [-0.2, -0.15) is 0 Å². The normalized spacial score (nSPS) is 21.9. The largest absolute Gasteiger partial charge is 0.391 e. The van der Waals surface area contributed by atoms with Crippen LogP contribution < -0.4 is 10.6 Å². The summed E-state index contributed by atoms with van der Waals surface area (Å²) in [6, 6.07) is -0.180. The zero-order valence-corrected chi connectivity index (χ0v) is 12.3. The van der Waals surface area contributed by atoms with Crippen LogP contribution in [0, 0.1) is 5.92 Å². The van der Waals surface area contributed by atoms with Gasteiger partial charge in [0.2, 0.25) is 0 Å². The molecule has 2 amide bonds. The lowest BCUT2D eigenvalue weighted by Gasteiger charge is -2.30. The van der Waals surface area contributed by atoms with Gasteiger partial charge in [0.25, 0.3) is 0 Å². The van der Waals surface area contributed by atoms with Gasteiger partial charge >= 0.3 is 6.03 Å². The molecule has 2 atom stereocenters. The number of carbonyl (C=O) groups excluding carboxylic acids is 1. The number of piperidine rings is 1.